The minimum Gasteiger partial charge on any atom is -0.497 e. The van der Waals surface area contributed by atoms with Crippen molar-refractivity contribution in [1.29, 1.82) is 0 Å². The fourth-order valence-electron chi connectivity index (χ4n) is 2.94. The van der Waals surface area contributed by atoms with Crippen LogP contribution in [0, 0.1) is 17.5 Å². The molecule has 1 saturated heterocycles. The zero-order chi connectivity index (χ0) is 19.4. The van der Waals surface area contributed by atoms with Crippen molar-refractivity contribution in [2.45, 2.75) is 6.54 Å². The number of piperazine rings is 1. The molecular formula is C19H20F3N3O2. The van der Waals surface area contributed by atoms with E-state index in [-0.39, 0.29) is 11.7 Å². The number of rotatable bonds is 4. The summed E-state index contributed by atoms with van der Waals surface area (Å²) in [6, 6.07) is 9.25. The molecule has 0 aliphatic carbocycles. The molecule has 0 atom stereocenters. The zero-order valence-electron chi connectivity index (χ0n) is 14.8. The predicted octanol–water partition coefficient (Wildman–Crippen LogP) is 3.14. The molecule has 2 aromatic carbocycles. The Morgan fingerprint density at radius 2 is 1.67 bits per heavy atom. The largest absolute Gasteiger partial charge is 0.497 e. The lowest BCUT2D eigenvalue weighted by Crippen LogP contribution is -2.52. The molecule has 27 heavy (non-hydrogen) atoms. The molecule has 1 N–H and O–H groups in total. The van der Waals surface area contributed by atoms with Crippen LogP contribution in [0.3, 0.4) is 0 Å². The maximum absolute atomic E-state index is 13.9. The number of ether oxygens (including phenoxy) is 1. The van der Waals surface area contributed by atoms with Gasteiger partial charge in [0.05, 0.1) is 12.8 Å². The van der Waals surface area contributed by atoms with Crippen molar-refractivity contribution in [3.8, 4) is 5.75 Å². The second-order valence-corrected chi connectivity index (χ2v) is 6.18. The lowest BCUT2D eigenvalue weighted by Gasteiger charge is -2.36. The molecule has 1 aliphatic heterocycles. The highest BCUT2D eigenvalue weighted by atomic mass is 19.2. The van der Waals surface area contributed by atoms with Gasteiger partial charge in [0, 0.05) is 32.7 Å². The van der Waals surface area contributed by atoms with Gasteiger partial charge in [-0.15, -0.1) is 0 Å². The number of methoxy groups -OCH3 is 1. The van der Waals surface area contributed by atoms with Gasteiger partial charge in [0.25, 0.3) is 0 Å². The Morgan fingerprint density at radius 1 is 1.00 bits per heavy atom. The SMILES string of the molecule is COc1ccc(CNC(=O)N2CCN(c3ccc(F)c(F)c3F)CC2)cc1. The molecule has 1 aliphatic rings. The highest BCUT2D eigenvalue weighted by Gasteiger charge is 2.24. The normalized spacial score (nSPS) is 14.2. The molecule has 1 fully saturated rings. The van der Waals surface area contributed by atoms with E-state index in [1.54, 1.807) is 16.9 Å². The highest BCUT2D eigenvalue weighted by molar-refractivity contribution is 5.74. The summed E-state index contributed by atoms with van der Waals surface area (Å²) in [5.74, 6) is -3.15. The molecule has 0 aromatic heterocycles. The monoisotopic (exact) mass is 379 g/mol. The minimum atomic E-state index is -1.48. The van der Waals surface area contributed by atoms with E-state index >= 15 is 0 Å². The van der Waals surface area contributed by atoms with Gasteiger partial charge in [0.2, 0.25) is 0 Å². The Bertz CT molecular complexity index is 807. The van der Waals surface area contributed by atoms with Crippen LogP contribution < -0.4 is 15.0 Å². The average Bonchev–Trinajstić information content (AvgIpc) is 2.71. The van der Waals surface area contributed by atoms with Gasteiger partial charge in [-0.1, -0.05) is 12.1 Å². The number of hydrogen-bond donors (Lipinski definition) is 1. The number of amides is 2. The number of carbonyl (C=O) groups is 1. The summed E-state index contributed by atoms with van der Waals surface area (Å²) < 4.78 is 45.5. The van der Waals surface area contributed by atoms with Crippen LogP contribution in [0.2, 0.25) is 0 Å². The van der Waals surface area contributed by atoms with Crippen LogP contribution in [0.5, 0.6) is 5.75 Å². The predicted molar refractivity (Wildman–Crippen MR) is 95.3 cm³/mol. The summed E-state index contributed by atoms with van der Waals surface area (Å²) in [5, 5.41) is 2.83. The molecule has 1 heterocycles. The number of anilines is 1. The molecule has 0 saturated carbocycles. The molecular weight excluding hydrogens is 359 g/mol. The summed E-state index contributed by atoms with van der Waals surface area (Å²) in [7, 11) is 1.59. The molecule has 3 rings (SSSR count). The van der Waals surface area contributed by atoms with Gasteiger partial charge in [-0.3, -0.25) is 0 Å². The van der Waals surface area contributed by atoms with E-state index in [9.17, 15) is 18.0 Å². The number of nitrogens with zero attached hydrogens (tertiary/aromatic N) is 2. The lowest BCUT2D eigenvalue weighted by molar-refractivity contribution is 0.194. The van der Waals surface area contributed by atoms with E-state index in [4.69, 9.17) is 4.74 Å². The maximum Gasteiger partial charge on any atom is 0.317 e. The summed E-state index contributed by atoms with van der Waals surface area (Å²) >= 11 is 0. The summed E-state index contributed by atoms with van der Waals surface area (Å²) in [4.78, 5) is 15.5. The van der Waals surface area contributed by atoms with Gasteiger partial charge in [-0.2, -0.15) is 0 Å². The Labute approximate surface area is 155 Å². The van der Waals surface area contributed by atoms with Crippen molar-refractivity contribution in [2.75, 3.05) is 38.2 Å². The minimum absolute atomic E-state index is 0.00666. The van der Waals surface area contributed by atoms with E-state index in [0.717, 1.165) is 17.4 Å². The third-order valence-corrected chi connectivity index (χ3v) is 4.53. The Hall–Kier alpha value is -2.90. The van der Waals surface area contributed by atoms with E-state index < -0.39 is 17.5 Å². The van der Waals surface area contributed by atoms with Crippen LogP contribution in [-0.2, 0) is 6.54 Å². The fourth-order valence-corrected chi connectivity index (χ4v) is 2.94. The van der Waals surface area contributed by atoms with Gasteiger partial charge in [-0.05, 0) is 29.8 Å². The molecule has 5 nitrogen and oxygen atoms in total. The first-order valence-corrected chi connectivity index (χ1v) is 8.53. The number of nitrogens with one attached hydrogen (secondary N) is 1. The number of benzene rings is 2. The van der Waals surface area contributed by atoms with Crippen LogP contribution in [0.25, 0.3) is 0 Å². The Kier molecular flexibility index (Phi) is 5.73. The molecule has 0 unspecified atom stereocenters. The van der Waals surface area contributed by atoms with Crippen molar-refractivity contribution in [2.24, 2.45) is 0 Å². The van der Waals surface area contributed by atoms with Gasteiger partial charge >= 0.3 is 6.03 Å². The van der Waals surface area contributed by atoms with Crippen LogP contribution in [0.4, 0.5) is 23.7 Å². The van der Waals surface area contributed by atoms with Gasteiger partial charge < -0.3 is 19.9 Å². The van der Waals surface area contributed by atoms with E-state index in [1.807, 2.05) is 24.3 Å². The zero-order valence-corrected chi connectivity index (χ0v) is 14.8. The number of urea groups is 1. The molecule has 8 heteroatoms. The second kappa shape index (κ2) is 8.20. The van der Waals surface area contributed by atoms with Gasteiger partial charge in [0.1, 0.15) is 5.75 Å². The van der Waals surface area contributed by atoms with Crippen LogP contribution in [0.1, 0.15) is 5.56 Å². The standard InChI is InChI=1S/C19H20F3N3O2/c1-27-14-4-2-13(3-5-14)12-23-19(26)25-10-8-24(9-11-25)16-7-6-15(20)17(21)18(16)22/h2-7H,8-12H2,1H3,(H,23,26). The third-order valence-electron chi connectivity index (χ3n) is 4.53. The number of hydrogen-bond acceptors (Lipinski definition) is 3. The molecule has 0 radical (unpaired) electrons. The van der Waals surface area contributed by atoms with Crippen molar-refractivity contribution >= 4 is 11.7 Å². The summed E-state index contributed by atoms with van der Waals surface area (Å²) in [5.41, 5.74) is 0.943. The molecule has 2 amide bonds. The van der Waals surface area contributed by atoms with E-state index in [0.29, 0.717) is 32.7 Å². The van der Waals surface area contributed by atoms with E-state index in [2.05, 4.69) is 5.32 Å². The van der Waals surface area contributed by atoms with Gasteiger partial charge in [-0.25, -0.2) is 18.0 Å². The first-order valence-electron chi connectivity index (χ1n) is 8.53. The fraction of sp³-hybridized carbons (Fsp3) is 0.316. The highest BCUT2D eigenvalue weighted by Crippen LogP contribution is 2.24. The van der Waals surface area contributed by atoms with Crippen LogP contribution >= 0.6 is 0 Å². The van der Waals surface area contributed by atoms with Crippen molar-refractivity contribution in [3.05, 3.63) is 59.4 Å². The Morgan fingerprint density at radius 3 is 2.30 bits per heavy atom. The topological polar surface area (TPSA) is 44.8 Å². The van der Waals surface area contributed by atoms with Gasteiger partial charge in [0.15, 0.2) is 17.5 Å². The summed E-state index contributed by atoms with van der Waals surface area (Å²) in [6.07, 6.45) is 0. The van der Waals surface area contributed by atoms with Crippen molar-refractivity contribution < 1.29 is 22.7 Å². The van der Waals surface area contributed by atoms with E-state index in [1.165, 1.54) is 6.07 Å². The molecule has 144 valence electrons. The first kappa shape index (κ1) is 18.9. The molecule has 0 spiro atoms. The quantitative estimate of drug-likeness (QED) is 0.831. The maximum atomic E-state index is 13.9. The second-order valence-electron chi connectivity index (χ2n) is 6.18. The van der Waals surface area contributed by atoms with Crippen molar-refractivity contribution in [1.82, 2.24) is 10.2 Å². The lowest BCUT2D eigenvalue weighted by atomic mass is 10.2. The van der Waals surface area contributed by atoms with Crippen molar-refractivity contribution in [3.63, 3.8) is 0 Å². The average molecular weight is 379 g/mol. The van der Waals surface area contributed by atoms with Crippen LogP contribution in [-0.4, -0.2) is 44.2 Å². The molecule has 0 bridgehead atoms. The first-order chi connectivity index (χ1) is 13.0. The van der Waals surface area contributed by atoms with Crippen LogP contribution in [0.15, 0.2) is 36.4 Å². The molecule has 2 aromatic rings. The third kappa shape index (κ3) is 4.27. The number of carbonyl (C=O) groups excluding carboxylic acids is 1. The Balaban J connectivity index is 1.52. The number of halogens is 3. The smallest absolute Gasteiger partial charge is 0.317 e. The summed E-state index contributed by atoms with van der Waals surface area (Å²) in [6.45, 7) is 1.75.